The third-order valence-electron chi connectivity index (χ3n) is 5.39. The van der Waals surface area contributed by atoms with E-state index in [4.69, 9.17) is 9.31 Å². The first kappa shape index (κ1) is 15.1. The molecule has 0 aromatic rings. The minimum Gasteiger partial charge on any atom is -0.400 e. The zero-order chi connectivity index (χ0) is 14.5. The first-order valence-electron chi connectivity index (χ1n) is 7.29. The molecule has 0 bridgehead atoms. The molecule has 0 aromatic heterocycles. The van der Waals surface area contributed by atoms with Crippen molar-refractivity contribution in [2.45, 2.75) is 70.6 Å². The first-order chi connectivity index (χ1) is 8.57. The van der Waals surface area contributed by atoms with Crippen LogP contribution in [0.2, 0.25) is 0 Å². The van der Waals surface area contributed by atoms with Gasteiger partial charge in [0.2, 0.25) is 0 Å². The second kappa shape index (κ2) is 4.61. The van der Waals surface area contributed by atoms with Crippen molar-refractivity contribution >= 4 is 7.12 Å². The van der Waals surface area contributed by atoms with Gasteiger partial charge in [0.25, 0.3) is 0 Å². The van der Waals surface area contributed by atoms with Crippen molar-refractivity contribution in [3.05, 3.63) is 11.5 Å². The number of hydrogen-bond acceptors (Lipinski definition) is 3. The molecule has 4 heteroatoms. The second-order valence-corrected chi connectivity index (χ2v) is 7.46. The molecule has 0 aromatic carbocycles. The Morgan fingerprint density at radius 1 is 1.05 bits per heavy atom. The zero-order valence-electron chi connectivity index (χ0n) is 13.5. The van der Waals surface area contributed by atoms with E-state index < -0.39 is 0 Å². The van der Waals surface area contributed by atoms with Gasteiger partial charge in [-0.15, -0.1) is 0 Å². The minimum absolute atomic E-state index is 0.156. The lowest BCUT2D eigenvalue weighted by molar-refractivity contribution is 0.00578. The van der Waals surface area contributed by atoms with Crippen molar-refractivity contribution < 1.29 is 9.31 Å². The minimum atomic E-state index is -0.235. The lowest BCUT2D eigenvalue weighted by Crippen LogP contribution is -2.43. The lowest BCUT2D eigenvalue weighted by atomic mass is 9.69. The van der Waals surface area contributed by atoms with Gasteiger partial charge in [-0.1, -0.05) is 6.08 Å². The fraction of sp³-hybridized carbons (Fsp3) is 0.867. The van der Waals surface area contributed by atoms with E-state index in [1.54, 1.807) is 0 Å². The normalized spacial score (nSPS) is 33.7. The molecule has 0 spiro atoms. The van der Waals surface area contributed by atoms with Crippen LogP contribution in [0, 0.1) is 0 Å². The molecular formula is C15H28BNO2. The van der Waals surface area contributed by atoms with Crippen LogP contribution >= 0.6 is 0 Å². The quantitative estimate of drug-likeness (QED) is 0.716. The summed E-state index contributed by atoms with van der Waals surface area (Å²) in [6, 6.07) is 0. The average molecular weight is 265 g/mol. The fourth-order valence-corrected chi connectivity index (χ4v) is 2.58. The molecule has 2 rings (SSSR count). The molecule has 19 heavy (non-hydrogen) atoms. The third-order valence-corrected chi connectivity index (χ3v) is 5.39. The van der Waals surface area contributed by atoms with Gasteiger partial charge in [0, 0.05) is 5.54 Å². The van der Waals surface area contributed by atoms with Crippen molar-refractivity contribution in [3.63, 3.8) is 0 Å². The highest BCUT2D eigenvalue weighted by molar-refractivity contribution is 6.54. The Morgan fingerprint density at radius 3 is 1.95 bits per heavy atom. The zero-order valence-corrected chi connectivity index (χ0v) is 13.5. The summed E-state index contributed by atoms with van der Waals surface area (Å²) in [5.74, 6) is 0. The van der Waals surface area contributed by atoms with Crippen LogP contribution in [0.25, 0.3) is 0 Å². The standard InChI is InChI=1S/C15H28BNO2/c1-13(2)14(3,4)19-16(18-13)12-8-10-15(5,11-9-12)17(6)7/h8H,9-11H2,1-7H3. The van der Waals surface area contributed by atoms with E-state index in [-0.39, 0.29) is 23.9 Å². The third kappa shape index (κ3) is 2.63. The molecule has 0 amide bonds. The molecule has 1 unspecified atom stereocenters. The van der Waals surface area contributed by atoms with Crippen molar-refractivity contribution in [1.29, 1.82) is 0 Å². The van der Waals surface area contributed by atoms with Crippen molar-refractivity contribution in [1.82, 2.24) is 4.90 Å². The smallest absolute Gasteiger partial charge is 0.400 e. The van der Waals surface area contributed by atoms with Gasteiger partial charge in [-0.2, -0.15) is 0 Å². The van der Waals surface area contributed by atoms with Gasteiger partial charge in [-0.05, 0) is 73.4 Å². The van der Waals surface area contributed by atoms with E-state index in [2.05, 4.69) is 59.7 Å². The summed E-state index contributed by atoms with van der Waals surface area (Å²) in [4.78, 5) is 2.32. The van der Waals surface area contributed by atoms with E-state index in [0.717, 1.165) is 19.3 Å². The predicted octanol–water partition coefficient (Wildman–Crippen LogP) is 3.05. The van der Waals surface area contributed by atoms with Gasteiger partial charge >= 0.3 is 7.12 Å². The number of allylic oxidation sites excluding steroid dienone is 1. The highest BCUT2D eigenvalue weighted by Crippen LogP contribution is 2.41. The summed E-state index contributed by atoms with van der Waals surface area (Å²) >= 11 is 0. The van der Waals surface area contributed by atoms with Crippen LogP contribution in [0.3, 0.4) is 0 Å². The van der Waals surface area contributed by atoms with E-state index in [1.807, 2.05) is 0 Å². The van der Waals surface area contributed by atoms with Crippen LogP contribution in [-0.4, -0.2) is 42.9 Å². The summed E-state index contributed by atoms with van der Waals surface area (Å²) in [5, 5.41) is 0. The summed E-state index contributed by atoms with van der Waals surface area (Å²) in [6.07, 6.45) is 5.62. The Morgan fingerprint density at radius 2 is 1.58 bits per heavy atom. The number of hydrogen-bond donors (Lipinski definition) is 0. The van der Waals surface area contributed by atoms with Gasteiger partial charge < -0.3 is 14.2 Å². The fourth-order valence-electron chi connectivity index (χ4n) is 2.58. The molecule has 0 N–H and O–H groups in total. The van der Waals surface area contributed by atoms with Gasteiger partial charge in [0.15, 0.2) is 0 Å². The summed E-state index contributed by atoms with van der Waals surface area (Å²) in [7, 11) is 4.16. The van der Waals surface area contributed by atoms with Gasteiger partial charge in [-0.3, -0.25) is 0 Å². The molecule has 2 aliphatic rings. The molecule has 1 aliphatic carbocycles. The maximum atomic E-state index is 6.13. The largest absolute Gasteiger partial charge is 0.490 e. The summed E-state index contributed by atoms with van der Waals surface area (Å²) in [5.41, 5.74) is 1.12. The van der Waals surface area contributed by atoms with Crippen LogP contribution in [0.1, 0.15) is 53.9 Å². The summed E-state index contributed by atoms with van der Waals surface area (Å²) < 4.78 is 12.3. The molecule has 1 fully saturated rings. The van der Waals surface area contributed by atoms with Crippen LogP contribution < -0.4 is 0 Å². The maximum absolute atomic E-state index is 6.13. The number of rotatable bonds is 2. The van der Waals surface area contributed by atoms with E-state index in [9.17, 15) is 0 Å². The molecular weight excluding hydrogens is 237 g/mol. The van der Waals surface area contributed by atoms with Gasteiger partial charge in [0.1, 0.15) is 0 Å². The Hall–Kier alpha value is -0.315. The van der Waals surface area contributed by atoms with Crippen LogP contribution in [0.15, 0.2) is 11.5 Å². The highest BCUT2D eigenvalue weighted by Gasteiger charge is 2.52. The van der Waals surface area contributed by atoms with E-state index >= 15 is 0 Å². The first-order valence-corrected chi connectivity index (χ1v) is 7.29. The van der Waals surface area contributed by atoms with Crippen molar-refractivity contribution in [2.24, 2.45) is 0 Å². The molecule has 1 heterocycles. The highest BCUT2D eigenvalue weighted by atomic mass is 16.7. The van der Waals surface area contributed by atoms with E-state index in [0.29, 0.717) is 0 Å². The van der Waals surface area contributed by atoms with Crippen LogP contribution in [-0.2, 0) is 9.31 Å². The Kier molecular flexibility index (Phi) is 3.66. The average Bonchev–Trinajstić information content (AvgIpc) is 2.49. The Balaban J connectivity index is 2.09. The topological polar surface area (TPSA) is 21.7 Å². The molecule has 108 valence electrons. The molecule has 1 atom stereocenters. The maximum Gasteiger partial charge on any atom is 0.490 e. The summed E-state index contributed by atoms with van der Waals surface area (Å²) in [6.45, 7) is 10.8. The van der Waals surface area contributed by atoms with Crippen molar-refractivity contribution in [3.8, 4) is 0 Å². The second-order valence-electron chi connectivity index (χ2n) is 7.46. The Labute approximate surface area is 118 Å². The molecule has 1 saturated heterocycles. The SMILES string of the molecule is CN(C)C1(C)CC=C(B2OC(C)(C)C(C)(C)O2)CC1. The predicted molar refractivity (Wildman–Crippen MR) is 80.1 cm³/mol. The van der Waals surface area contributed by atoms with Gasteiger partial charge in [0.05, 0.1) is 11.2 Å². The molecule has 0 radical (unpaired) electrons. The van der Waals surface area contributed by atoms with Crippen molar-refractivity contribution in [2.75, 3.05) is 14.1 Å². The van der Waals surface area contributed by atoms with Crippen LogP contribution in [0.5, 0.6) is 0 Å². The lowest BCUT2D eigenvalue weighted by Gasteiger charge is -2.39. The van der Waals surface area contributed by atoms with Gasteiger partial charge in [-0.25, -0.2) is 0 Å². The molecule has 0 saturated carbocycles. The van der Waals surface area contributed by atoms with E-state index in [1.165, 1.54) is 5.47 Å². The number of nitrogens with zero attached hydrogens (tertiary/aromatic N) is 1. The monoisotopic (exact) mass is 265 g/mol. The van der Waals surface area contributed by atoms with Crippen LogP contribution in [0.4, 0.5) is 0 Å². The molecule has 1 aliphatic heterocycles. The Bertz CT molecular complexity index is 374. The molecule has 3 nitrogen and oxygen atoms in total.